The number of methoxy groups -OCH3 is 2. The van der Waals surface area contributed by atoms with E-state index in [1.807, 2.05) is 6.07 Å². The highest BCUT2D eigenvalue weighted by Crippen LogP contribution is 2.36. The average molecular weight is 390 g/mol. The van der Waals surface area contributed by atoms with Crippen molar-refractivity contribution in [3.05, 3.63) is 63.5 Å². The van der Waals surface area contributed by atoms with Crippen LogP contribution in [-0.2, 0) is 11.3 Å². The van der Waals surface area contributed by atoms with E-state index in [2.05, 4.69) is 0 Å². The van der Waals surface area contributed by atoms with Crippen molar-refractivity contribution >= 4 is 40.6 Å². The Kier molecular flexibility index (Phi) is 5.54. The normalized spacial score (nSPS) is 15.7. The van der Waals surface area contributed by atoms with E-state index in [4.69, 9.17) is 21.1 Å². The molecule has 0 atom stereocenters. The molecule has 0 spiro atoms. The van der Waals surface area contributed by atoms with Gasteiger partial charge in [0.15, 0.2) is 0 Å². The molecule has 2 aromatic rings. The van der Waals surface area contributed by atoms with E-state index in [9.17, 15) is 9.59 Å². The topological polar surface area (TPSA) is 55.8 Å². The van der Waals surface area contributed by atoms with Crippen LogP contribution in [0.15, 0.2) is 47.4 Å². The van der Waals surface area contributed by atoms with Gasteiger partial charge in [-0.05, 0) is 47.7 Å². The van der Waals surface area contributed by atoms with Crippen LogP contribution in [0.1, 0.15) is 11.1 Å². The van der Waals surface area contributed by atoms with Gasteiger partial charge in [-0.15, -0.1) is 0 Å². The van der Waals surface area contributed by atoms with Crippen LogP contribution in [0.3, 0.4) is 0 Å². The molecule has 134 valence electrons. The van der Waals surface area contributed by atoms with Gasteiger partial charge in [-0.1, -0.05) is 29.8 Å². The molecular formula is C19H16ClNO4S. The van der Waals surface area contributed by atoms with E-state index < -0.39 is 0 Å². The first-order chi connectivity index (χ1) is 12.5. The molecular weight excluding hydrogens is 374 g/mol. The predicted molar refractivity (Wildman–Crippen MR) is 103 cm³/mol. The highest BCUT2D eigenvalue weighted by atomic mass is 35.5. The van der Waals surface area contributed by atoms with Crippen molar-refractivity contribution < 1.29 is 19.1 Å². The molecule has 7 heteroatoms. The lowest BCUT2D eigenvalue weighted by atomic mass is 10.1. The smallest absolute Gasteiger partial charge is 0.293 e. The number of benzene rings is 2. The van der Waals surface area contributed by atoms with Crippen molar-refractivity contribution in [3.8, 4) is 11.5 Å². The summed E-state index contributed by atoms with van der Waals surface area (Å²) in [5.41, 5.74) is 1.38. The molecule has 5 nitrogen and oxygen atoms in total. The number of carbonyl (C=O) groups is 2. The van der Waals surface area contributed by atoms with Crippen molar-refractivity contribution in [2.45, 2.75) is 6.54 Å². The summed E-state index contributed by atoms with van der Waals surface area (Å²) in [5.74, 6) is 0.862. The first-order valence-electron chi connectivity index (χ1n) is 7.74. The Morgan fingerprint density at radius 1 is 1.12 bits per heavy atom. The Morgan fingerprint density at radius 2 is 1.88 bits per heavy atom. The van der Waals surface area contributed by atoms with Crippen molar-refractivity contribution in [2.75, 3.05) is 14.2 Å². The molecule has 0 aliphatic carbocycles. The molecule has 0 bridgehead atoms. The third-order valence-electron chi connectivity index (χ3n) is 3.88. The number of ether oxygens (including phenoxy) is 2. The quantitative estimate of drug-likeness (QED) is 0.700. The third-order valence-corrected chi connectivity index (χ3v) is 5.16. The Morgan fingerprint density at radius 3 is 2.58 bits per heavy atom. The van der Waals surface area contributed by atoms with Gasteiger partial charge in [0, 0.05) is 10.6 Å². The van der Waals surface area contributed by atoms with Crippen LogP contribution in [0.5, 0.6) is 11.5 Å². The number of amides is 2. The maximum atomic E-state index is 12.7. The summed E-state index contributed by atoms with van der Waals surface area (Å²) in [4.78, 5) is 26.5. The van der Waals surface area contributed by atoms with Gasteiger partial charge >= 0.3 is 0 Å². The molecule has 0 unspecified atom stereocenters. The monoisotopic (exact) mass is 389 g/mol. The Labute approximate surface area is 160 Å². The van der Waals surface area contributed by atoms with Crippen LogP contribution < -0.4 is 9.47 Å². The van der Waals surface area contributed by atoms with Gasteiger partial charge in [-0.3, -0.25) is 14.5 Å². The molecule has 1 fully saturated rings. The summed E-state index contributed by atoms with van der Waals surface area (Å²) < 4.78 is 10.5. The minimum absolute atomic E-state index is 0.136. The van der Waals surface area contributed by atoms with Crippen molar-refractivity contribution in [3.63, 3.8) is 0 Å². The summed E-state index contributed by atoms with van der Waals surface area (Å²) in [6.07, 6.45) is 1.64. The van der Waals surface area contributed by atoms with Crippen molar-refractivity contribution in [2.24, 2.45) is 0 Å². The second-order valence-electron chi connectivity index (χ2n) is 5.47. The van der Waals surface area contributed by atoms with Gasteiger partial charge in [0.1, 0.15) is 11.5 Å². The van der Waals surface area contributed by atoms with E-state index >= 15 is 0 Å². The van der Waals surface area contributed by atoms with E-state index in [0.717, 1.165) is 17.3 Å². The summed E-state index contributed by atoms with van der Waals surface area (Å²) in [7, 11) is 3.10. The minimum Gasteiger partial charge on any atom is -0.497 e. The number of hydrogen-bond acceptors (Lipinski definition) is 5. The fourth-order valence-corrected chi connectivity index (χ4v) is 3.55. The molecule has 0 aromatic heterocycles. The van der Waals surface area contributed by atoms with Gasteiger partial charge in [0.05, 0.1) is 25.7 Å². The molecule has 1 heterocycles. The predicted octanol–water partition coefficient (Wildman–Crippen LogP) is 4.59. The maximum Gasteiger partial charge on any atom is 0.293 e. The fraction of sp³-hybridized carbons (Fsp3) is 0.158. The van der Waals surface area contributed by atoms with Crippen LogP contribution in [-0.4, -0.2) is 30.3 Å². The second-order valence-corrected chi connectivity index (χ2v) is 6.87. The molecule has 1 aliphatic heterocycles. The van der Waals surface area contributed by atoms with Crippen LogP contribution in [0.25, 0.3) is 6.08 Å². The molecule has 1 aliphatic rings. The molecule has 0 radical (unpaired) electrons. The largest absolute Gasteiger partial charge is 0.497 e. The maximum absolute atomic E-state index is 12.7. The third kappa shape index (κ3) is 3.71. The molecule has 0 saturated carbocycles. The minimum atomic E-state index is -0.357. The number of carbonyl (C=O) groups excluding carboxylic acids is 2. The molecule has 2 aromatic carbocycles. The van der Waals surface area contributed by atoms with Gasteiger partial charge in [0.2, 0.25) is 0 Å². The Hall–Kier alpha value is -2.44. The van der Waals surface area contributed by atoms with Gasteiger partial charge < -0.3 is 9.47 Å². The number of nitrogens with zero attached hydrogens (tertiary/aromatic N) is 1. The van der Waals surface area contributed by atoms with Crippen LogP contribution in [0.4, 0.5) is 4.79 Å². The number of halogens is 1. The van der Waals surface area contributed by atoms with Crippen LogP contribution in [0, 0.1) is 0 Å². The zero-order valence-electron chi connectivity index (χ0n) is 14.2. The van der Waals surface area contributed by atoms with E-state index in [1.54, 1.807) is 56.7 Å². The zero-order valence-corrected chi connectivity index (χ0v) is 15.8. The lowest BCUT2D eigenvalue weighted by molar-refractivity contribution is -0.123. The molecule has 3 rings (SSSR count). The van der Waals surface area contributed by atoms with E-state index in [0.29, 0.717) is 27.0 Å². The first kappa shape index (κ1) is 18.4. The second kappa shape index (κ2) is 7.85. The lowest BCUT2D eigenvalue weighted by Crippen LogP contribution is -2.27. The van der Waals surface area contributed by atoms with Crippen molar-refractivity contribution in [1.82, 2.24) is 4.90 Å². The number of thioether (sulfide) groups is 1. The average Bonchev–Trinajstić information content (AvgIpc) is 2.90. The van der Waals surface area contributed by atoms with Crippen molar-refractivity contribution in [1.29, 1.82) is 0 Å². The lowest BCUT2D eigenvalue weighted by Gasteiger charge is -2.13. The summed E-state index contributed by atoms with van der Waals surface area (Å²) in [6, 6.07) is 12.4. The SMILES string of the molecule is COc1ccc(OC)c(/C=C2\SC(=O)N(Cc3ccccc3Cl)C2=O)c1. The van der Waals surface area contributed by atoms with Gasteiger partial charge in [-0.25, -0.2) is 0 Å². The van der Waals surface area contributed by atoms with Crippen LogP contribution in [0.2, 0.25) is 5.02 Å². The summed E-state index contributed by atoms with van der Waals surface area (Å²) in [5, 5.41) is 0.188. The Balaban J connectivity index is 1.89. The fourth-order valence-electron chi connectivity index (χ4n) is 2.53. The van der Waals surface area contributed by atoms with E-state index in [1.165, 1.54) is 4.90 Å². The number of hydrogen-bond donors (Lipinski definition) is 0. The van der Waals surface area contributed by atoms with Crippen LogP contribution >= 0.6 is 23.4 Å². The van der Waals surface area contributed by atoms with E-state index in [-0.39, 0.29) is 17.7 Å². The highest BCUT2D eigenvalue weighted by molar-refractivity contribution is 8.18. The Bertz CT molecular complexity index is 897. The standard InChI is InChI=1S/C19H16ClNO4S/c1-24-14-7-8-16(25-2)13(9-14)10-17-18(22)21(19(23)26-17)11-12-5-3-4-6-15(12)20/h3-10H,11H2,1-2H3/b17-10-. The summed E-state index contributed by atoms with van der Waals surface area (Å²) in [6.45, 7) is 0.136. The highest BCUT2D eigenvalue weighted by Gasteiger charge is 2.35. The zero-order chi connectivity index (χ0) is 18.7. The molecule has 26 heavy (non-hydrogen) atoms. The van der Waals surface area contributed by atoms with Gasteiger partial charge in [0.25, 0.3) is 11.1 Å². The molecule has 1 saturated heterocycles. The number of rotatable bonds is 5. The first-order valence-corrected chi connectivity index (χ1v) is 8.93. The van der Waals surface area contributed by atoms with Gasteiger partial charge in [-0.2, -0.15) is 0 Å². The molecule has 0 N–H and O–H groups in total. The molecule has 2 amide bonds. The summed E-state index contributed by atoms with van der Waals surface area (Å²) >= 11 is 7.03. The number of imide groups is 1.